The van der Waals surface area contributed by atoms with Gasteiger partial charge in [0, 0.05) is 19.3 Å². The van der Waals surface area contributed by atoms with Gasteiger partial charge in [0.2, 0.25) is 0 Å². The monoisotopic (exact) mass is 210 g/mol. The molecule has 3 nitrogen and oxygen atoms in total. The molecule has 1 aromatic rings. The zero-order valence-corrected chi connectivity index (χ0v) is 8.74. The molecule has 1 aromatic carbocycles. The molecule has 1 aliphatic carbocycles. The number of fused-ring (bicyclic) bond motifs is 1. The third-order valence-electron chi connectivity index (χ3n) is 2.84. The average molecular weight is 210 g/mol. The first-order valence-corrected chi connectivity index (χ1v) is 6.58. The van der Waals surface area contributed by atoms with Crippen LogP contribution in [0, 0.1) is 0 Å². The van der Waals surface area contributed by atoms with E-state index in [1.54, 1.807) is 0 Å². The minimum atomic E-state index is -3.38. The smallest absolute Gasteiger partial charge is 0.0342 e. The maximum Gasteiger partial charge on any atom is 0.0342 e. The molecular formula is C10H13NO2P-. The average Bonchev–Trinajstić information content (AvgIpc) is 2.61. The lowest BCUT2D eigenvalue weighted by atomic mass is 10.1. The summed E-state index contributed by atoms with van der Waals surface area (Å²) in [6.07, 6.45) is 1.05. The molecule has 0 radical (unpaired) electrons. The summed E-state index contributed by atoms with van der Waals surface area (Å²) < 4.78 is 11.6. The van der Waals surface area contributed by atoms with Crippen molar-refractivity contribution in [1.29, 1.82) is 0 Å². The van der Waals surface area contributed by atoms with E-state index in [4.69, 9.17) is 5.73 Å². The third-order valence-corrected chi connectivity index (χ3v) is 4.83. The second-order valence-electron chi connectivity index (χ2n) is 3.74. The van der Waals surface area contributed by atoms with Gasteiger partial charge >= 0.3 is 0 Å². The maximum absolute atomic E-state index is 11.6. The van der Waals surface area contributed by atoms with Gasteiger partial charge in [0.15, 0.2) is 0 Å². The van der Waals surface area contributed by atoms with Crippen molar-refractivity contribution in [3.63, 3.8) is 0 Å². The summed E-state index contributed by atoms with van der Waals surface area (Å²) in [5.74, 6) is 0. The van der Waals surface area contributed by atoms with Crippen molar-refractivity contribution in [3.8, 4) is 0 Å². The molecule has 0 saturated heterocycles. The first-order valence-electron chi connectivity index (χ1n) is 4.70. The molecule has 0 saturated carbocycles. The van der Waals surface area contributed by atoms with Crippen LogP contribution in [0.25, 0.3) is 0 Å². The zero-order chi connectivity index (χ0) is 10.2. The molecule has 0 aliphatic heterocycles. The van der Waals surface area contributed by atoms with Crippen LogP contribution in [0.5, 0.6) is 0 Å². The number of benzene rings is 1. The molecule has 14 heavy (non-hydrogen) atoms. The molecule has 0 amide bonds. The predicted molar refractivity (Wildman–Crippen MR) is 54.3 cm³/mol. The summed E-state index contributed by atoms with van der Waals surface area (Å²) in [5.41, 5.74) is 7.28. The zero-order valence-electron chi connectivity index (χ0n) is 7.85. The Morgan fingerprint density at radius 3 is 2.29 bits per heavy atom. The fourth-order valence-electron chi connectivity index (χ4n) is 1.96. The second-order valence-corrected chi connectivity index (χ2v) is 6.29. The first-order chi connectivity index (χ1) is 6.63. The highest BCUT2D eigenvalue weighted by Gasteiger charge is 2.28. The summed E-state index contributed by atoms with van der Waals surface area (Å²) in [5, 5.41) is 0. The molecule has 0 spiro atoms. The standard InChI is InChI=1S/C10H14NO2P/c11-7-14(12,13)10-5-8-3-1-2-4-9(8)6-10/h1-4,10H,5-7,11H2,(H,12,13)/p-1. The Hall–Kier alpha value is -0.630. The Morgan fingerprint density at radius 1 is 1.36 bits per heavy atom. The van der Waals surface area contributed by atoms with Gasteiger partial charge in [-0.3, -0.25) is 0 Å². The van der Waals surface area contributed by atoms with Crippen molar-refractivity contribution in [2.24, 2.45) is 5.73 Å². The van der Waals surface area contributed by atoms with Crippen LogP contribution >= 0.6 is 7.37 Å². The minimum Gasteiger partial charge on any atom is -0.798 e. The highest BCUT2D eigenvalue weighted by atomic mass is 31.2. The van der Waals surface area contributed by atoms with Crippen LogP contribution in [0.3, 0.4) is 0 Å². The molecule has 0 heterocycles. The van der Waals surface area contributed by atoms with E-state index in [1.165, 1.54) is 0 Å². The Kier molecular flexibility index (Phi) is 2.48. The highest BCUT2D eigenvalue weighted by Crippen LogP contribution is 2.46. The van der Waals surface area contributed by atoms with E-state index in [9.17, 15) is 9.46 Å². The molecule has 2 N–H and O–H groups in total. The van der Waals surface area contributed by atoms with Gasteiger partial charge in [-0.25, -0.2) is 0 Å². The Labute approximate surface area is 83.4 Å². The van der Waals surface area contributed by atoms with Crippen LogP contribution in [0.15, 0.2) is 24.3 Å². The molecule has 0 bridgehead atoms. The van der Waals surface area contributed by atoms with Crippen molar-refractivity contribution >= 4 is 7.37 Å². The van der Waals surface area contributed by atoms with E-state index in [2.05, 4.69) is 0 Å². The number of hydrogen-bond donors (Lipinski definition) is 1. The molecular weight excluding hydrogens is 197 g/mol. The van der Waals surface area contributed by atoms with Crippen LogP contribution < -0.4 is 10.6 Å². The van der Waals surface area contributed by atoms with Gasteiger partial charge in [-0.1, -0.05) is 24.3 Å². The molecule has 0 aromatic heterocycles. The predicted octanol–water partition coefficient (Wildman–Crippen LogP) is 0.708. The van der Waals surface area contributed by atoms with Crippen molar-refractivity contribution in [2.45, 2.75) is 18.5 Å². The Balaban J connectivity index is 2.24. The van der Waals surface area contributed by atoms with Crippen molar-refractivity contribution in [1.82, 2.24) is 0 Å². The fourth-order valence-corrected chi connectivity index (χ4v) is 3.21. The van der Waals surface area contributed by atoms with E-state index in [1.807, 2.05) is 24.3 Å². The maximum atomic E-state index is 11.6. The molecule has 4 heteroatoms. The lowest BCUT2D eigenvalue weighted by Gasteiger charge is -2.27. The Bertz CT molecular complexity index is 366. The van der Waals surface area contributed by atoms with E-state index in [0.29, 0.717) is 12.8 Å². The van der Waals surface area contributed by atoms with E-state index >= 15 is 0 Å². The summed E-state index contributed by atoms with van der Waals surface area (Å²) in [4.78, 5) is 11.6. The van der Waals surface area contributed by atoms with Gasteiger partial charge in [0.05, 0.1) is 0 Å². The van der Waals surface area contributed by atoms with Gasteiger partial charge in [0.1, 0.15) is 0 Å². The fraction of sp³-hybridized carbons (Fsp3) is 0.400. The van der Waals surface area contributed by atoms with E-state index in [0.717, 1.165) is 11.1 Å². The summed E-state index contributed by atoms with van der Waals surface area (Å²) in [7, 11) is -3.38. The first kappa shape index (κ1) is 9.91. The molecule has 0 fully saturated rings. The van der Waals surface area contributed by atoms with Crippen LogP contribution in [0.2, 0.25) is 0 Å². The van der Waals surface area contributed by atoms with Crippen molar-refractivity contribution < 1.29 is 9.46 Å². The number of hydrogen-bond acceptors (Lipinski definition) is 3. The van der Waals surface area contributed by atoms with Crippen molar-refractivity contribution in [2.75, 3.05) is 6.29 Å². The van der Waals surface area contributed by atoms with E-state index in [-0.39, 0.29) is 11.9 Å². The summed E-state index contributed by atoms with van der Waals surface area (Å²) >= 11 is 0. The van der Waals surface area contributed by atoms with Crippen LogP contribution in [0.4, 0.5) is 0 Å². The third kappa shape index (κ3) is 1.63. The highest BCUT2D eigenvalue weighted by molar-refractivity contribution is 7.57. The van der Waals surface area contributed by atoms with Gasteiger partial charge in [-0.2, -0.15) is 0 Å². The van der Waals surface area contributed by atoms with Gasteiger partial charge in [-0.15, -0.1) is 0 Å². The van der Waals surface area contributed by atoms with Crippen molar-refractivity contribution in [3.05, 3.63) is 35.4 Å². The molecule has 2 rings (SSSR count). The summed E-state index contributed by atoms with van der Waals surface area (Å²) in [6.45, 7) is 0. The molecule has 1 unspecified atom stereocenters. The number of rotatable bonds is 2. The normalized spacial score (nSPS) is 20.4. The number of nitrogens with two attached hydrogens (primary N) is 1. The van der Waals surface area contributed by atoms with Crippen LogP contribution in [0.1, 0.15) is 11.1 Å². The topological polar surface area (TPSA) is 66.2 Å². The second kappa shape index (κ2) is 3.50. The molecule has 1 atom stereocenters. The summed E-state index contributed by atoms with van der Waals surface area (Å²) in [6, 6.07) is 7.87. The quantitative estimate of drug-likeness (QED) is 0.731. The van der Waals surface area contributed by atoms with Gasteiger partial charge in [0.25, 0.3) is 0 Å². The lowest BCUT2D eigenvalue weighted by molar-refractivity contribution is -0.177. The largest absolute Gasteiger partial charge is 0.798 e. The SMILES string of the molecule is NCP(=O)([O-])C1Cc2ccccc2C1. The van der Waals surface area contributed by atoms with E-state index < -0.39 is 7.37 Å². The van der Waals surface area contributed by atoms with Gasteiger partial charge < -0.3 is 15.2 Å². The Morgan fingerprint density at radius 2 is 1.86 bits per heavy atom. The lowest BCUT2D eigenvalue weighted by Crippen LogP contribution is -2.23. The van der Waals surface area contributed by atoms with Crippen LogP contribution in [-0.4, -0.2) is 11.9 Å². The molecule has 76 valence electrons. The van der Waals surface area contributed by atoms with Crippen LogP contribution in [-0.2, 0) is 17.4 Å². The molecule has 1 aliphatic rings. The minimum absolute atomic E-state index is 0.217. The van der Waals surface area contributed by atoms with Gasteiger partial charge in [-0.05, 0) is 24.0 Å².